The third kappa shape index (κ3) is 3.20. The van der Waals surface area contributed by atoms with Crippen LogP contribution in [0.2, 0.25) is 0 Å². The second-order valence-corrected chi connectivity index (χ2v) is 7.64. The van der Waals surface area contributed by atoms with Crippen LogP contribution in [0, 0.1) is 5.82 Å². The Morgan fingerprint density at radius 3 is 2.44 bits per heavy atom. The Labute approximate surface area is 148 Å². The van der Waals surface area contributed by atoms with Gasteiger partial charge in [0.1, 0.15) is 5.82 Å². The van der Waals surface area contributed by atoms with Crippen molar-refractivity contribution in [3.05, 3.63) is 35.6 Å². The molecule has 3 heterocycles. The minimum atomic E-state index is -0.550. The van der Waals surface area contributed by atoms with Crippen molar-refractivity contribution in [3.63, 3.8) is 0 Å². The molecule has 0 aromatic heterocycles. The molecule has 0 N–H and O–H groups in total. The molecule has 0 spiro atoms. The second kappa shape index (κ2) is 7.04. The van der Waals surface area contributed by atoms with Gasteiger partial charge in [-0.1, -0.05) is 12.1 Å². The van der Waals surface area contributed by atoms with Crippen molar-refractivity contribution in [1.82, 2.24) is 9.80 Å². The molecule has 3 aliphatic heterocycles. The molecule has 1 aromatic rings. The maximum atomic E-state index is 13.5. The van der Waals surface area contributed by atoms with Crippen LogP contribution in [0.4, 0.5) is 4.39 Å². The Hall–Kier alpha value is -1.46. The van der Waals surface area contributed by atoms with E-state index in [9.17, 15) is 9.18 Å². The highest BCUT2D eigenvalue weighted by Gasteiger charge is 2.46. The van der Waals surface area contributed by atoms with E-state index in [4.69, 9.17) is 4.74 Å². The van der Waals surface area contributed by atoms with E-state index in [1.165, 1.54) is 38.1 Å². The normalized spacial score (nSPS) is 26.9. The third-order valence-electron chi connectivity index (χ3n) is 6.26. The fourth-order valence-corrected chi connectivity index (χ4v) is 4.75. The third-order valence-corrected chi connectivity index (χ3v) is 6.26. The van der Waals surface area contributed by atoms with E-state index >= 15 is 0 Å². The summed E-state index contributed by atoms with van der Waals surface area (Å²) in [7, 11) is 0. The highest BCUT2D eigenvalue weighted by Crippen LogP contribution is 2.38. The number of ether oxygens (including phenoxy) is 1. The van der Waals surface area contributed by atoms with Crippen LogP contribution in [-0.2, 0) is 14.9 Å². The summed E-state index contributed by atoms with van der Waals surface area (Å²) < 4.78 is 18.9. The van der Waals surface area contributed by atoms with Gasteiger partial charge in [0.25, 0.3) is 0 Å². The van der Waals surface area contributed by atoms with Crippen molar-refractivity contribution < 1.29 is 13.9 Å². The summed E-state index contributed by atoms with van der Waals surface area (Å²) in [6.45, 7) is 5.19. The molecule has 3 aliphatic rings. The number of carbonyl (C=O) groups excluding carboxylic acids is 1. The van der Waals surface area contributed by atoms with Crippen molar-refractivity contribution in [2.24, 2.45) is 0 Å². The molecule has 0 aliphatic carbocycles. The van der Waals surface area contributed by atoms with Crippen LogP contribution in [-0.4, -0.2) is 61.1 Å². The molecule has 25 heavy (non-hydrogen) atoms. The zero-order valence-corrected chi connectivity index (χ0v) is 14.8. The molecule has 1 amide bonds. The van der Waals surface area contributed by atoms with Crippen LogP contribution in [0.15, 0.2) is 24.3 Å². The average Bonchev–Trinajstić information content (AvgIpc) is 3.33. The van der Waals surface area contributed by atoms with Gasteiger partial charge >= 0.3 is 0 Å². The number of amides is 1. The van der Waals surface area contributed by atoms with Crippen molar-refractivity contribution in [2.75, 3.05) is 39.4 Å². The van der Waals surface area contributed by atoms with Crippen molar-refractivity contribution in [2.45, 2.75) is 43.6 Å². The minimum Gasteiger partial charge on any atom is -0.381 e. The van der Waals surface area contributed by atoms with Gasteiger partial charge in [0.2, 0.25) is 5.91 Å². The first-order valence-corrected chi connectivity index (χ1v) is 9.56. The summed E-state index contributed by atoms with van der Waals surface area (Å²) in [5.41, 5.74) is 0.387. The maximum absolute atomic E-state index is 13.5. The number of rotatable bonds is 3. The van der Waals surface area contributed by atoms with Gasteiger partial charge in [0, 0.05) is 32.3 Å². The van der Waals surface area contributed by atoms with Gasteiger partial charge in [0.15, 0.2) is 0 Å². The Balaban J connectivity index is 1.55. The van der Waals surface area contributed by atoms with E-state index < -0.39 is 5.41 Å². The quantitative estimate of drug-likeness (QED) is 0.843. The minimum absolute atomic E-state index is 0.212. The van der Waals surface area contributed by atoms with Gasteiger partial charge in [-0.15, -0.1) is 0 Å². The van der Waals surface area contributed by atoms with Crippen LogP contribution in [0.1, 0.15) is 37.7 Å². The number of hydrogen-bond donors (Lipinski definition) is 0. The number of halogens is 1. The largest absolute Gasteiger partial charge is 0.381 e. The second-order valence-electron chi connectivity index (χ2n) is 7.64. The predicted molar refractivity (Wildman–Crippen MR) is 93.9 cm³/mol. The lowest BCUT2D eigenvalue weighted by Crippen LogP contribution is -2.50. The lowest BCUT2D eigenvalue weighted by atomic mass is 9.73. The van der Waals surface area contributed by atoms with Gasteiger partial charge < -0.3 is 9.64 Å². The van der Waals surface area contributed by atoms with Gasteiger partial charge in [-0.2, -0.15) is 0 Å². The molecule has 4 rings (SSSR count). The molecule has 3 saturated heterocycles. The molecule has 5 heteroatoms. The number of carbonyl (C=O) groups is 1. The molecule has 1 unspecified atom stereocenters. The number of benzene rings is 1. The Bertz CT molecular complexity index is 607. The maximum Gasteiger partial charge on any atom is 0.233 e. The Kier molecular flexibility index (Phi) is 4.78. The molecule has 1 aromatic carbocycles. The van der Waals surface area contributed by atoms with Gasteiger partial charge in [-0.25, -0.2) is 4.39 Å². The van der Waals surface area contributed by atoms with Crippen LogP contribution in [0.25, 0.3) is 0 Å². The first kappa shape index (κ1) is 17.0. The molecule has 0 saturated carbocycles. The summed E-state index contributed by atoms with van der Waals surface area (Å²) in [5.74, 6) is -0.0437. The van der Waals surface area contributed by atoms with Gasteiger partial charge in [-0.3, -0.25) is 9.69 Å². The summed E-state index contributed by atoms with van der Waals surface area (Å²) in [4.78, 5) is 18.1. The van der Waals surface area contributed by atoms with E-state index in [1.54, 1.807) is 12.1 Å². The zero-order chi connectivity index (χ0) is 17.3. The topological polar surface area (TPSA) is 32.8 Å². The SMILES string of the molecule is O=C(N1CCC(N2CCCC2)C1)C1(c2ccc(F)cc2)CCOCC1. The Morgan fingerprint density at radius 1 is 1.08 bits per heavy atom. The fraction of sp³-hybridized carbons (Fsp3) is 0.650. The fourth-order valence-electron chi connectivity index (χ4n) is 4.75. The van der Waals surface area contributed by atoms with Crippen LogP contribution >= 0.6 is 0 Å². The highest BCUT2D eigenvalue weighted by atomic mass is 19.1. The molecule has 4 nitrogen and oxygen atoms in total. The van der Waals surface area contributed by atoms with Crippen molar-refractivity contribution >= 4 is 5.91 Å². The molecule has 0 bridgehead atoms. The van der Waals surface area contributed by atoms with Crippen LogP contribution < -0.4 is 0 Å². The highest BCUT2D eigenvalue weighted by molar-refractivity contribution is 5.88. The summed E-state index contributed by atoms with van der Waals surface area (Å²) in [6, 6.07) is 7.02. The van der Waals surface area contributed by atoms with E-state index in [0.717, 1.165) is 25.1 Å². The lowest BCUT2D eigenvalue weighted by molar-refractivity contribution is -0.140. The van der Waals surface area contributed by atoms with Crippen LogP contribution in [0.3, 0.4) is 0 Å². The first-order valence-electron chi connectivity index (χ1n) is 9.56. The summed E-state index contributed by atoms with van der Waals surface area (Å²) in [5, 5.41) is 0. The van der Waals surface area contributed by atoms with E-state index in [-0.39, 0.29) is 11.7 Å². The monoisotopic (exact) mass is 346 g/mol. The van der Waals surface area contributed by atoms with Crippen LogP contribution in [0.5, 0.6) is 0 Å². The standard InChI is InChI=1S/C20H27FN2O2/c21-17-5-3-16(4-6-17)20(8-13-25-14-9-20)19(24)23-12-7-18(15-23)22-10-1-2-11-22/h3-6,18H,1-2,7-15H2. The molecule has 3 fully saturated rings. The number of likely N-dealkylation sites (tertiary alicyclic amines) is 2. The van der Waals surface area contributed by atoms with Gasteiger partial charge in [0.05, 0.1) is 5.41 Å². The first-order chi connectivity index (χ1) is 12.2. The number of hydrogen-bond acceptors (Lipinski definition) is 3. The molecule has 1 atom stereocenters. The van der Waals surface area contributed by atoms with Crippen molar-refractivity contribution in [1.29, 1.82) is 0 Å². The van der Waals surface area contributed by atoms with Crippen molar-refractivity contribution in [3.8, 4) is 0 Å². The van der Waals surface area contributed by atoms with E-state index in [1.807, 2.05) is 0 Å². The van der Waals surface area contributed by atoms with E-state index in [2.05, 4.69) is 9.80 Å². The lowest BCUT2D eigenvalue weighted by Gasteiger charge is -2.39. The molecule has 136 valence electrons. The summed E-state index contributed by atoms with van der Waals surface area (Å²) >= 11 is 0. The Morgan fingerprint density at radius 2 is 1.76 bits per heavy atom. The smallest absolute Gasteiger partial charge is 0.233 e. The van der Waals surface area contributed by atoms with E-state index in [0.29, 0.717) is 32.1 Å². The molecular formula is C20H27FN2O2. The molecule has 0 radical (unpaired) electrons. The number of nitrogens with zero attached hydrogens (tertiary/aromatic N) is 2. The average molecular weight is 346 g/mol. The predicted octanol–water partition coefficient (Wildman–Crippen LogP) is 2.57. The zero-order valence-electron chi connectivity index (χ0n) is 14.8. The van der Waals surface area contributed by atoms with Gasteiger partial charge in [-0.05, 0) is 62.9 Å². The summed E-state index contributed by atoms with van der Waals surface area (Å²) in [6.07, 6.45) is 5.00. The molecular weight excluding hydrogens is 319 g/mol.